The lowest BCUT2D eigenvalue weighted by Crippen LogP contribution is -2.59. The minimum absolute atomic E-state index is 0.512. The molecule has 2 aliphatic heterocycles. The molecular weight excluding hydrogens is 284 g/mol. The smallest absolute Gasteiger partial charge is 0.141 e. The molecule has 1 aromatic heterocycles. The number of likely N-dealkylation sites (tertiary alicyclic amines) is 1. The average molecular weight is 308 g/mol. The Kier molecular flexibility index (Phi) is 4.63. The van der Waals surface area contributed by atoms with Gasteiger partial charge in [0.2, 0.25) is 0 Å². The van der Waals surface area contributed by atoms with Crippen LogP contribution >= 0.6 is 0 Å². The van der Waals surface area contributed by atoms with Crippen LogP contribution in [-0.4, -0.2) is 64.7 Å². The van der Waals surface area contributed by atoms with Crippen molar-refractivity contribution in [1.29, 1.82) is 0 Å². The van der Waals surface area contributed by atoms with Crippen LogP contribution in [0.25, 0.3) is 0 Å². The Hall–Kier alpha value is -1.21. The first-order chi connectivity index (χ1) is 10.6. The lowest BCUT2D eigenvalue weighted by Gasteiger charge is -2.48. The number of ether oxygens (including phenoxy) is 2. The molecule has 3 rings (SSSR count). The maximum absolute atomic E-state index is 10.3. The lowest BCUT2D eigenvalue weighted by molar-refractivity contribution is -0.214. The third-order valence-corrected chi connectivity index (χ3v) is 4.85. The van der Waals surface area contributed by atoms with E-state index in [2.05, 4.69) is 9.88 Å². The predicted octanol–water partition coefficient (Wildman–Crippen LogP) is 0.567. The Bertz CT molecular complexity index is 503. The molecule has 3 heterocycles. The summed E-state index contributed by atoms with van der Waals surface area (Å²) in [6.45, 7) is 2.86. The molecule has 0 radical (unpaired) electrons. The number of aromatic nitrogens is 1. The number of aliphatic hydroxyl groups is 2. The van der Waals surface area contributed by atoms with E-state index in [1.54, 1.807) is 13.3 Å². The molecule has 2 atom stereocenters. The summed E-state index contributed by atoms with van der Waals surface area (Å²) in [4.78, 5) is 6.67. The SMILES string of the molecule is COc1cccnc1CN1CCC2(CC1)OCC[C@H](O)[C@@H]2O. The summed E-state index contributed by atoms with van der Waals surface area (Å²) in [6, 6.07) is 3.78. The highest BCUT2D eigenvalue weighted by molar-refractivity contribution is 5.26. The van der Waals surface area contributed by atoms with Crippen molar-refractivity contribution in [2.75, 3.05) is 26.8 Å². The van der Waals surface area contributed by atoms with E-state index in [9.17, 15) is 10.2 Å². The fraction of sp³-hybridized carbons (Fsp3) is 0.688. The van der Waals surface area contributed by atoms with Crippen molar-refractivity contribution in [2.24, 2.45) is 0 Å². The van der Waals surface area contributed by atoms with Crippen molar-refractivity contribution < 1.29 is 19.7 Å². The molecule has 0 bridgehead atoms. The first kappa shape index (κ1) is 15.7. The van der Waals surface area contributed by atoms with Gasteiger partial charge in [0.1, 0.15) is 11.9 Å². The molecule has 2 N–H and O–H groups in total. The minimum Gasteiger partial charge on any atom is -0.495 e. The highest BCUT2D eigenvalue weighted by atomic mass is 16.5. The fourth-order valence-electron chi connectivity index (χ4n) is 3.45. The van der Waals surface area contributed by atoms with Crippen LogP contribution in [0.2, 0.25) is 0 Å². The molecule has 2 saturated heterocycles. The summed E-state index contributed by atoms with van der Waals surface area (Å²) in [5.74, 6) is 0.798. The van der Waals surface area contributed by atoms with Gasteiger partial charge >= 0.3 is 0 Å². The van der Waals surface area contributed by atoms with Gasteiger partial charge in [-0.1, -0.05) is 0 Å². The number of piperidine rings is 1. The van der Waals surface area contributed by atoms with Crippen LogP contribution in [0.4, 0.5) is 0 Å². The van der Waals surface area contributed by atoms with E-state index < -0.39 is 17.8 Å². The molecule has 6 nitrogen and oxygen atoms in total. The van der Waals surface area contributed by atoms with Crippen LogP contribution in [-0.2, 0) is 11.3 Å². The number of rotatable bonds is 3. The standard InChI is InChI=1S/C16H24N2O4/c1-21-14-3-2-7-17-12(14)11-18-8-5-16(6-9-18)15(20)13(19)4-10-22-16/h2-3,7,13,15,19-20H,4-6,8-11H2,1H3/t13-,15-/m0/s1. The van der Waals surface area contributed by atoms with Crippen LogP contribution in [0.5, 0.6) is 5.75 Å². The highest BCUT2D eigenvalue weighted by Gasteiger charge is 2.47. The quantitative estimate of drug-likeness (QED) is 0.850. The fourth-order valence-corrected chi connectivity index (χ4v) is 3.45. The number of hydrogen-bond donors (Lipinski definition) is 2. The van der Waals surface area contributed by atoms with Gasteiger partial charge in [-0.2, -0.15) is 0 Å². The van der Waals surface area contributed by atoms with E-state index in [0.717, 1.165) is 43.9 Å². The molecule has 6 heteroatoms. The molecule has 1 spiro atoms. The van der Waals surface area contributed by atoms with Crippen LogP contribution in [0.15, 0.2) is 18.3 Å². The van der Waals surface area contributed by atoms with Gasteiger partial charge in [-0.05, 0) is 31.4 Å². The van der Waals surface area contributed by atoms with E-state index in [1.807, 2.05) is 12.1 Å². The highest BCUT2D eigenvalue weighted by Crippen LogP contribution is 2.36. The van der Waals surface area contributed by atoms with Crippen LogP contribution < -0.4 is 4.74 Å². The zero-order valence-corrected chi connectivity index (χ0v) is 12.9. The third-order valence-electron chi connectivity index (χ3n) is 4.85. The normalized spacial score (nSPS) is 28.7. The first-order valence-corrected chi connectivity index (χ1v) is 7.85. The topological polar surface area (TPSA) is 75.1 Å². The first-order valence-electron chi connectivity index (χ1n) is 7.85. The van der Waals surface area contributed by atoms with Gasteiger partial charge in [0.15, 0.2) is 0 Å². The van der Waals surface area contributed by atoms with Crippen molar-refractivity contribution in [3.63, 3.8) is 0 Å². The molecular formula is C16H24N2O4. The Morgan fingerprint density at radius 1 is 1.41 bits per heavy atom. The molecule has 2 fully saturated rings. The Morgan fingerprint density at radius 2 is 2.18 bits per heavy atom. The molecule has 122 valence electrons. The van der Waals surface area contributed by atoms with Gasteiger partial charge in [-0.15, -0.1) is 0 Å². The number of pyridine rings is 1. The molecule has 0 amide bonds. The summed E-state index contributed by atoms with van der Waals surface area (Å²) in [5.41, 5.74) is 0.341. The number of hydrogen-bond acceptors (Lipinski definition) is 6. The Morgan fingerprint density at radius 3 is 2.91 bits per heavy atom. The maximum atomic E-state index is 10.3. The monoisotopic (exact) mass is 308 g/mol. The maximum Gasteiger partial charge on any atom is 0.141 e. The predicted molar refractivity (Wildman–Crippen MR) is 80.6 cm³/mol. The number of aliphatic hydroxyl groups excluding tert-OH is 2. The van der Waals surface area contributed by atoms with Gasteiger partial charge in [0, 0.05) is 25.8 Å². The third kappa shape index (κ3) is 2.96. The van der Waals surface area contributed by atoms with Crippen molar-refractivity contribution in [1.82, 2.24) is 9.88 Å². The second-order valence-electron chi connectivity index (χ2n) is 6.14. The van der Waals surface area contributed by atoms with Crippen molar-refractivity contribution >= 4 is 0 Å². The van der Waals surface area contributed by atoms with Crippen LogP contribution in [0.1, 0.15) is 25.0 Å². The second kappa shape index (κ2) is 6.50. The molecule has 22 heavy (non-hydrogen) atoms. The summed E-state index contributed by atoms with van der Waals surface area (Å²) in [6.07, 6.45) is 2.27. The van der Waals surface area contributed by atoms with Gasteiger partial charge < -0.3 is 19.7 Å². The lowest BCUT2D eigenvalue weighted by atomic mass is 9.80. The summed E-state index contributed by atoms with van der Waals surface area (Å²) in [5, 5.41) is 20.2. The average Bonchev–Trinajstić information content (AvgIpc) is 2.55. The van der Waals surface area contributed by atoms with Gasteiger partial charge in [-0.25, -0.2) is 0 Å². The van der Waals surface area contributed by atoms with Crippen molar-refractivity contribution in [3.8, 4) is 5.75 Å². The van der Waals surface area contributed by atoms with Crippen molar-refractivity contribution in [3.05, 3.63) is 24.0 Å². The van der Waals surface area contributed by atoms with E-state index in [4.69, 9.17) is 9.47 Å². The second-order valence-corrected chi connectivity index (χ2v) is 6.14. The Labute approximate surface area is 130 Å². The molecule has 0 unspecified atom stereocenters. The molecule has 0 aliphatic carbocycles. The Balaban J connectivity index is 1.62. The van der Waals surface area contributed by atoms with E-state index in [1.165, 1.54) is 0 Å². The molecule has 2 aliphatic rings. The van der Waals surface area contributed by atoms with Gasteiger partial charge in [-0.3, -0.25) is 9.88 Å². The number of methoxy groups -OCH3 is 1. The number of nitrogens with zero attached hydrogens (tertiary/aromatic N) is 2. The summed E-state index contributed by atoms with van der Waals surface area (Å²) >= 11 is 0. The zero-order valence-electron chi connectivity index (χ0n) is 12.9. The van der Waals surface area contributed by atoms with Crippen LogP contribution in [0.3, 0.4) is 0 Å². The molecule has 0 saturated carbocycles. The molecule has 1 aromatic rings. The minimum atomic E-state index is -0.784. The summed E-state index contributed by atoms with van der Waals surface area (Å²) in [7, 11) is 1.65. The van der Waals surface area contributed by atoms with Gasteiger partial charge in [0.25, 0.3) is 0 Å². The van der Waals surface area contributed by atoms with Gasteiger partial charge in [0.05, 0.1) is 31.1 Å². The van der Waals surface area contributed by atoms with E-state index >= 15 is 0 Å². The largest absolute Gasteiger partial charge is 0.495 e. The van der Waals surface area contributed by atoms with E-state index in [-0.39, 0.29) is 0 Å². The van der Waals surface area contributed by atoms with E-state index in [0.29, 0.717) is 13.0 Å². The zero-order chi connectivity index (χ0) is 15.6. The molecule has 0 aromatic carbocycles. The van der Waals surface area contributed by atoms with Crippen molar-refractivity contribution in [2.45, 2.75) is 43.6 Å². The van der Waals surface area contributed by atoms with Crippen LogP contribution in [0, 0.1) is 0 Å². The summed E-state index contributed by atoms with van der Waals surface area (Å²) < 4.78 is 11.2.